The number of nitrogens with zero attached hydrogens (tertiary/aromatic N) is 1. The molecule has 4 fully saturated rings. The molecule has 1 N–H and O–H groups in total. The van der Waals surface area contributed by atoms with Gasteiger partial charge >= 0.3 is 0 Å². The first-order valence-electron chi connectivity index (χ1n) is 20.6. The Labute approximate surface area is 315 Å². The van der Waals surface area contributed by atoms with Crippen LogP contribution >= 0.6 is 0 Å². The molecule has 7 heteroatoms. The van der Waals surface area contributed by atoms with Crippen molar-refractivity contribution >= 4 is 22.5 Å². The highest BCUT2D eigenvalue weighted by Gasteiger charge is 2.56. The fraction of sp³-hybridized carbons (Fsp3) is 0.795. The SMILES string of the molecule is C=C1/C(=C\C=C2/CCC[C@]3(C)[C@@H]([C@H](C)/C=C/[C@H](O)C4(C5=N[C@H](CC)CO5)CC4)CC[C@@H]23)C[C@@H](O[Si](C)(C)C(C)(C)C)C[C@@H]1O[Si](C)(C)C(C)(C)C. The average molecular weight is 738 g/mol. The zero-order chi connectivity index (χ0) is 37.8. The Morgan fingerprint density at radius 2 is 1.63 bits per heavy atom. The van der Waals surface area contributed by atoms with E-state index >= 15 is 0 Å². The number of ether oxygens (including phenoxy) is 1. The molecular weight excluding hydrogens is 663 g/mol. The molecule has 0 aromatic rings. The Morgan fingerprint density at radius 3 is 2.22 bits per heavy atom. The number of fused-ring (bicyclic) bond motifs is 1. The second kappa shape index (κ2) is 14.8. The molecule has 288 valence electrons. The van der Waals surface area contributed by atoms with Gasteiger partial charge < -0.3 is 18.7 Å². The molecule has 0 bridgehead atoms. The van der Waals surface area contributed by atoms with Crippen molar-refractivity contribution in [3.05, 3.63) is 47.6 Å². The molecule has 0 spiro atoms. The molecule has 0 amide bonds. The van der Waals surface area contributed by atoms with Crippen molar-refractivity contribution in [2.75, 3.05) is 6.61 Å². The summed E-state index contributed by atoms with van der Waals surface area (Å²) >= 11 is 0. The van der Waals surface area contributed by atoms with Crippen molar-refractivity contribution < 1.29 is 18.7 Å². The maximum Gasteiger partial charge on any atom is 0.193 e. The molecule has 0 aromatic carbocycles. The Kier molecular flexibility index (Phi) is 11.8. The van der Waals surface area contributed by atoms with E-state index in [1.165, 1.54) is 43.3 Å². The number of aliphatic imine (C=N–C) groups is 1. The Morgan fingerprint density at radius 1 is 0.980 bits per heavy atom. The molecule has 8 atom stereocenters. The van der Waals surface area contributed by atoms with Crippen LogP contribution in [0.3, 0.4) is 0 Å². The highest BCUT2D eigenvalue weighted by atomic mass is 28.4. The third kappa shape index (κ3) is 8.38. The van der Waals surface area contributed by atoms with Crippen LogP contribution in [0.4, 0.5) is 0 Å². The molecule has 5 rings (SSSR count). The van der Waals surface area contributed by atoms with E-state index in [1.807, 2.05) is 0 Å². The molecule has 0 radical (unpaired) electrons. The van der Waals surface area contributed by atoms with Gasteiger partial charge in [-0.05, 0) is 128 Å². The van der Waals surface area contributed by atoms with E-state index in [0.717, 1.165) is 38.0 Å². The van der Waals surface area contributed by atoms with Crippen LogP contribution in [0.25, 0.3) is 0 Å². The van der Waals surface area contributed by atoms with Gasteiger partial charge in [-0.25, -0.2) is 4.99 Å². The quantitative estimate of drug-likeness (QED) is 0.169. The molecule has 1 heterocycles. The van der Waals surface area contributed by atoms with Crippen LogP contribution in [0.1, 0.15) is 127 Å². The van der Waals surface area contributed by atoms with E-state index in [9.17, 15) is 5.11 Å². The minimum Gasteiger partial charge on any atom is -0.478 e. The summed E-state index contributed by atoms with van der Waals surface area (Å²) in [6, 6.07) is 0.248. The van der Waals surface area contributed by atoms with Crippen LogP contribution in [0.15, 0.2) is 52.6 Å². The van der Waals surface area contributed by atoms with Crippen LogP contribution < -0.4 is 0 Å². The first-order chi connectivity index (χ1) is 23.5. The molecular formula is C44H75NO4Si2. The first-order valence-corrected chi connectivity index (χ1v) is 26.4. The topological polar surface area (TPSA) is 60.3 Å². The summed E-state index contributed by atoms with van der Waals surface area (Å²) in [5, 5.41) is 11.7. The second-order valence-electron chi connectivity index (χ2n) is 20.5. The van der Waals surface area contributed by atoms with E-state index in [-0.39, 0.29) is 39.2 Å². The van der Waals surface area contributed by atoms with Crippen molar-refractivity contribution in [3.8, 4) is 0 Å². The van der Waals surface area contributed by atoms with Crippen molar-refractivity contribution in [1.29, 1.82) is 0 Å². The third-order valence-corrected chi connectivity index (χ3v) is 24.0. The molecule has 0 aromatic heterocycles. The van der Waals surface area contributed by atoms with Gasteiger partial charge in [-0.15, -0.1) is 0 Å². The van der Waals surface area contributed by atoms with Crippen molar-refractivity contribution in [2.45, 2.75) is 187 Å². The van der Waals surface area contributed by atoms with Gasteiger partial charge in [-0.2, -0.15) is 0 Å². The lowest BCUT2D eigenvalue weighted by molar-refractivity contribution is 0.0969. The smallest absolute Gasteiger partial charge is 0.193 e. The summed E-state index contributed by atoms with van der Waals surface area (Å²) < 4.78 is 20.2. The number of allylic oxidation sites excluding steroid dienone is 4. The van der Waals surface area contributed by atoms with Gasteiger partial charge in [0.25, 0.3) is 0 Å². The molecule has 0 saturated heterocycles. The fourth-order valence-corrected chi connectivity index (χ4v) is 11.8. The molecule has 1 aliphatic heterocycles. The molecule has 4 aliphatic carbocycles. The van der Waals surface area contributed by atoms with Gasteiger partial charge in [0.1, 0.15) is 6.61 Å². The number of aliphatic hydroxyl groups excluding tert-OH is 1. The monoisotopic (exact) mass is 738 g/mol. The summed E-state index contributed by atoms with van der Waals surface area (Å²) in [4.78, 5) is 4.83. The number of hydrogen-bond acceptors (Lipinski definition) is 5. The van der Waals surface area contributed by atoms with Crippen LogP contribution in [0.2, 0.25) is 36.3 Å². The van der Waals surface area contributed by atoms with Crippen LogP contribution in [0.5, 0.6) is 0 Å². The third-order valence-electron chi connectivity index (χ3n) is 15.0. The number of rotatable bonds is 11. The number of aliphatic hydroxyl groups is 1. The zero-order valence-electron chi connectivity index (χ0n) is 35.0. The molecule has 0 unspecified atom stereocenters. The van der Waals surface area contributed by atoms with Gasteiger partial charge in [0, 0.05) is 6.42 Å². The predicted octanol–water partition coefficient (Wildman–Crippen LogP) is 11.7. The Balaban J connectivity index is 1.33. The minimum absolute atomic E-state index is 0.00434. The fourth-order valence-electron chi connectivity index (χ4n) is 9.17. The van der Waals surface area contributed by atoms with E-state index in [2.05, 4.69) is 113 Å². The van der Waals surface area contributed by atoms with Gasteiger partial charge in [0.2, 0.25) is 0 Å². The average Bonchev–Trinajstić information content (AvgIpc) is 3.54. The second-order valence-corrected chi connectivity index (χ2v) is 30.0. The molecule has 5 nitrogen and oxygen atoms in total. The zero-order valence-corrected chi connectivity index (χ0v) is 37.0. The summed E-state index contributed by atoms with van der Waals surface area (Å²) in [6.45, 7) is 36.0. The maximum absolute atomic E-state index is 11.4. The van der Waals surface area contributed by atoms with Crippen LogP contribution in [-0.4, -0.2) is 58.6 Å². The summed E-state index contributed by atoms with van der Waals surface area (Å²) in [5.41, 5.74) is 4.09. The lowest BCUT2D eigenvalue weighted by Crippen LogP contribution is -2.49. The van der Waals surface area contributed by atoms with Crippen molar-refractivity contribution in [3.63, 3.8) is 0 Å². The van der Waals surface area contributed by atoms with Gasteiger partial charge in [-0.1, -0.05) is 98.8 Å². The van der Waals surface area contributed by atoms with E-state index < -0.39 is 22.7 Å². The lowest BCUT2D eigenvalue weighted by Gasteiger charge is -2.45. The van der Waals surface area contributed by atoms with Crippen LogP contribution in [-0.2, 0) is 13.6 Å². The van der Waals surface area contributed by atoms with Crippen molar-refractivity contribution in [1.82, 2.24) is 0 Å². The summed E-state index contributed by atoms with van der Waals surface area (Å²) in [5.74, 6) is 2.43. The van der Waals surface area contributed by atoms with Gasteiger partial charge in [-0.3, -0.25) is 0 Å². The number of hydrogen-bond donors (Lipinski definition) is 1. The molecule has 5 aliphatic rings. The van der Waals surface area contributed by atoms with Gasteiger partial charge in [0.05, 0.1) is 29.8 Å². The maximum atomic E-state index is 11.4. The minimum atomic E-state index is -2.00. The van der Waals surface area contributed by atoms with Crippen molar-refractivity contribution in [2.24, 2.45) is 33.6 Å². The van der Waals surface area contributed by atoms with E-state index in [0.29, 0.717) is 24.4 Å². The lowest BCUT2D eigenvalue weighted by atomic mass is 9.61. The van der Waals surface area contributed by atoms with Gasteiger partial charge in [0.15, 0.2) is 22.5 Å². The Hall–Kier alpha value is -1.26. The van der Waals surface area contributed by atoms with Crippen LogP contribution in [0, 0.1) is 28.6 Å². The first kappa shape index (κ1) is 40.9. The Bertz CT molecular complexity index is 1410. The largest absolute Gasteiger partial charge is 0.478 e. The normalized spacial score (nSPS) is 34.5. The summed E-state index contributed by atoms with van der Waals surface area (Å²) in [7, 11) is -3.96. The highest BCUT2D eigenvalue weighted by molar-refractivity contribution is 6.74. The summed E-state index contributed by atoms with van der Waals surface area (Å²) in [6.07, 6.45) is 19.9. The standard InChI is InChI=1S/C44H75NO4Si2/c1-15-34-29-47-40(45-34)44(25-26-44)39(46)23-18-30(2)36-21-22-37-32(17-16-24-43(36,37)10)19-20-33-27-35(48-50(11,12)41(4,5)6)28-38(31(33)3)49-51(13,14)42(7,8)9/h18-20,23,30,34-39,46H,3,15-17,21-22,24-29H2,1-2,4-14H3/b23-18+,32-19+,33-20-/t30-,34-,35-,36-,37+,38+,39+,43-/m1/s1. The highest BCUT2D eigenvalue weighted by Crippen LogP contribution is 2.60. The predicted molar refractivity (Wildman–Crippen MR) is 220 cm³/mol. The molecule has 4 saturated carbocycles. The van der Waals surface area contributed by atoms with E-state index in [1.54, 1.807) is 5.57 Å². The molecule has 51 heavy (non-hydrogen) atoms. The van der Waals surface area contributed by atoms with E-state index in [4.69, 9.17) is 25.2 Å².